The van der Waals surface area contributed by atoms with Gasteiger partial charge in [-0.2, -0.15) is 0 Å². The van der Waals surface area contributed by atoms with Gasteiger partial charge in [-0.25, -0.2) is 21.1 Å². The fourth-order valence-corrected chi connectivity index (χ4v) is 4.91. The van der Waals surface area contributed by atoms with Gasteiger partial charge in [0, 0.05) is 14.1 Å². The van der Waals surface area contributed by atoms with Crippen LogP contribution in [0, 0.1) is 0 Å². The Labute approximate surface area is 153 Å². The zero-order valence-electron chi connectivity index (χ0n) is 14.4. The van der Waals surface area contributed by atoms with Crippen molar-refractivity contribution in [3.05, 3.63) is 65.9 Å². The van der Waals surface area contributed by atoms with E-state index in [4.69, 9.17) is 4.42 Å². The molecule has 0 atom stereocenters. The van der Waals surface area contributed by atoms with Gasteiger partial charge in [0.1, 0.15) is 11.5 Å². The number of furan rings is 1. The second kappa shape index (κ2) is 6.86. The molecule has 0 N–H and O–H groups in total. The van der Waals surface area contributed by atoms with E-state index in [1.807, 2.05) is 36.4 Å². The van der Waals surface area contributed by atoms with Crippen LogP contribution < -0.4 is 0 Å². The van der Waals surface area contributed by atoms with E-state index < -0.39 is 19.9 Å². The molecular formula is C18H19NO5S2. The highest BCUT2D eigenvalue weighted by Gasteiger charge is 2.23. The van der Waals surface area contributed by atoms with Gasteiger partial charge in [0.25, 0.3) is 10.0 Å². The molecule has 1 aromatic heterocycles. The van der Waals surface area contributed by atoms with Crippen LogP contribution in [0.25, 0.3) is 10.8 Å². The lowest BCUT2D eigenvalue weighted by atomic mass is 10.1. The third kappa shape index (κ3) is 3.82. The molecule has 0 spiro atoms. The summed E-state index contributed by atoms with van der Waals surface area (Å²) in [6.07, 6.45) is 0. The Morgan fingerprint density at radius 3 is 2.27 bits per heavy atom. The minimum atomic E-state index is -3.73. The van der Waals surface area contributed by atoms with Crippen molar-refractivity contribution in [2.45, 2.75) is 16.6 Å². The van der Waals surface area contributed by atoms with E-state index in [0.717, 1.165) is 15.1 Å². The van der Waals surface area contributed by atoms with Gasteiger partial charge in [0.15, 0.2) is 9.84 Å². The van der Waals surface area contributed by atoms with Crippen molar-refractivity contribution in [3.63, 3.8) is 0 Å². The first-order valence-corrected chi connectivity index (χ1v) is 11.1. The Morgan fingerprint density at radius 2 is 1.54 bits per heavy atom. The summed E-state index contributed by atoms with van der Waals surface area (Å²) in [5, 5.41) is 1.59. The van der Waals surface area contributed by atoms with Crippen LogP contribution in [0.3, 0.4) is 0 Å². The summed E-state index contributed by atoms with van der Waals surface area (Å²) in [4.78, 5) is 0. The molecule has 3 rings (SSSR count). The molecular weight excluding hydrogens is 374 g/mol. The molecule has 3 aromatic rings. The lowest BCUT2D eigenvalue weighted by molar-refractivity contribution is 0.406. The molecule has 26 heavy (non-hydrogen) atoms. The van der Waals surface area contributed by atoms with E-state index in [-0.39, 0.29) is 22.4 Å². The van der Waals surface area contributed by atoms with E-state index in [1.165, 1.54) is 26.2 Å². The summed E-state index contributed by atoms with van der Waals surface area (Å²) < 4.78 is 55.5. The van der Waals surface area contributed by atoms with Crippen LogP contribution >= 0.6 is 0 Å². The first-order valence-electron chi connectivity index (χ1n) is 7.87. The van der Waals surface area contributed by atoms with Gasteiger partial charge in [-0.15, -0.1) is 0 Å². The van der Waals surface area contributed by atoms with Crippen LogP contribution in [0.15, 0.2) is 64.1 Å². The second-order valence-electron chi connectivity index (χ2n) is 6.18. The van der Waals surface area contributed by atoms with Crippen LogP contribution in [0.2, 0.25) is 0 Å². The predicted octanol–water partition coefficient (Wildman–Crippen LogP) is 2.80. The van der Waals surface area contributed by atoms with Crippen molar-refractivity contribution >= 4 is 30.6 Å². The average Bonchev–Trinajstić information content (AvgIpc) is 3.03. The summed E-state index contributed by atoms with van der Waals surface area (Å²) in [6, 6.07) is 15.8. The van der Waals surface area contributed by atoms with Gasteiger partial charge < -0.3 is 4.42 Å². The highest BCUT2D eigenvalue weighted by molar-refractivity contribution is 7.90. The first-order chi connectivity index (χ1) is 12.2. The summed E-state index contributed by atoms with van der Waals surface area (Å²) in [7, 11) is -4.49. The standard InChI is InChI=1S/C18H19NO5S2/c1-19(2)26(22,23)18-11-10-16(24-18)13-25(20,21)12-15-8-5-7-14-6-3-4-9-17(14)15/h3-11H,12-13H2,1-2H3. The highest BCUT2D eigenvalue weighted by Crippen LogP contribution is 2.23. The first kappa shape index (κ1) is 18.6. The summed E-state index contributed by atoms with van der Waals surface area (Å²) in [5.41, 5.74) is 0.704. The molecule has 1 heterocycles. The van der Waals surface area contributed by atoms with Crippen LogP contribution in [-0.4, -0.2) is 35.2 Å². The maximum absolute atomic E-state index is 12.6. The van der Waals surface area contributed by atoms with Crippen LogP contribution in [0.1, 0.15) is 11.3 Å². The predicted molar refractivity (Wildman–Crippen MR) is 99.9 cm³/mol. The lowest BCUT2D eigenvalue weighted by Gasteiger charge is -2.08. The van der Waals surface area contributed by atoms with E-state index in [2.05, 4.69) is 0 Å². The molecule has 0 aliphatic carbocycles. The summed E-state index contributed by atoms with van der Waals surface area (Å²) in [6.45, 7) is 0. The van der Waals surface area contributed by atoms with Gasteiger partial charge in [-0.3, -0.25) is 0 Å². The Kier molecular flexibility index (Phi) is 4.92. The zero-order valence-corrected chi connectivity index (χ0v) is 16.0. The molecule has 0 bridgehead atoms. The molecule has 0 unspecified atom stereocenters. The van der Waals surface area contributed by atoms with Crippen molar-refractivity contribution in [1.82, 2.24) is 4.31 Å². The maximum atomic E-state index is 12.6. The Morgan fingerprint density at radius 1 is 0.846 bits per heavy atom. The number of hydrogen-bond donors (Lipinski definition) is 0. The molecule has 0 aliphatic rings. The van der Waals surface area contributed by atoms with Crippen LogP contribution in [-0.2, 0) is 31.4 Å². The SMILES string of the molecule is CN(C)S(=O)(=O)c1ccc(CS(=O)(=O)Cc2cccc3ccccc23)o1. The molecule has 0 fully saturated rings. The lowest BCUT2D eigenvalue weighted by Crippen LogP contribution is -2.21. The van der Waals surface area contributed by atoms with Gasteiger partial charge in [-0.05, 0) is 28.5 Å². The van der Waals surface area contributed by atoms with Gasteiger partial charge in [-0.1, -0.05) is 42.5 Å². The summed E-state index contributed by atoms with van der Waals surface area (Å²) >= 11 is 0. The molecule has 6 nitrogen and oxygen atoms in total. The number of sulfonamides is 1. The Hall–Kier alpha value is -2.16. The Bertz CT molecular complexity index is 1140. The van der Waals surface area contributed by atoms with Gasteiger partial charge in [0.2, 0.25) is 5.09 Å². The van der Waals surface area contributed by atoms with E-state index in [0.29, 0.717) is 5.56 Å². The Balaban J connectivity index is 1.85. The number of hydrogen-bond acceptors (Lipinski definition) is 5. The fourth-order valence-electron chi connectivity index (χ4n) is 2.68. The minimum absolute atomic E-state index is 0.102. The van der Waals surface area contributed by atoms with Crippen LogP contribution in [0.5, 0.6) is 0 Å². The third-order valence-corrected chi connectivity index (χ3v) is 7.15. The monoisotopic (exact) mass is 393 g/mol. The van der Waals surface area contributed by atoms with Crippen molar-refractivity contribution in [2.75, 3.05) is 14.1 Å². The minimum Gasteiger partial charge on any atom is -0.447 e. The summed E-state index contributed by atoms with van der Waals surface area (Å²) in [5.74, 6) is -0.407. The number of nitrogens with zero attached hydrogens (tertiary/aromatic N) is 1. The number of fused-ring (bicyclic) bond motifs is 1. The van der Waals surface area contributed by atoms with E-state index >= 15 is 0 Å². The molecule has 0 aliphatic heterocycles. The van der Waals surface area contributed by atoms with E-state index in [1.54, 1.807) is 6.07 Å². The molecule has 0 radical (unpaired) electrons. The molecule has 8 heteroatoms. The van der Waals surface area contributed by atoms with Crippen molar-refractivity contribution in [1.29, 1.82) is 0 Å². The highest BCUT2D eigenvalue weighted by atomic mass is 32.2. The quantitative estimate of drug-likeness (QED) is 0.643. The molecule has 2 aromatic carbocycles. The number of sulfone groups is 1. The van der Waals surface area contributed by atoms with Gasteiger partial charge in [0.05, 0.1) is 5.75 Å². The second-order valence-corrected chi connectivity index (χ2v) is 10.3. The topological polar surface area (TPSA) is 84.7 Å². The zero-order chi connectivity index (χ0) is 18.9. The molecule has 0 saturated heterocycles. The normalized spacial score (nSPS) is 12.7. The molecule has 0 amide bonds. The van der Waals surface area contributed by atoms with Crippen LogP contribution in [0.4, 0.5) is 0 Å². The van der Waals surface area contributed by atoms with Gasteiger partial charge >= 0.3 is 0 Å². The van der Waals surface area contributed by atoms with Crippen molar-refractivity contribution in [3.8, 4) is 0 Å². The largest absolute Gasteiger partial charge is 0.447 e. The maximum Gasteiger partial charge on any atom is 0.275 e. The van der Waals surface area contributed by atoms with E-state index in [9.17, 15) is 16.8 Å². The molecule has 0 saturated carbocycles. The molecule has 138 valence electrons. The number of rotatable bonds is 6. The average molecular weight is 393 g/mol. The van der Waals surface area contributed by atoms with Crippen molar-refractivity contribution in [2.24, 2.45) is 0 Å². The number of benzene rings is 2. The third-order valence-electron chi connectivity index (χ3n) is 3.99. The van der Waals surface area contributed by atoms with Crippen molar-refractivity contribution < 1.29 is 21.3 Å². The fraction of sp³-hybridized carbons (Fsp3) is 0.222. The smallest absolute Gasteiger partial charge is 0.275 e.